The van der Waals surface area contributed by atoms with Crippen molar-refractivity contribution >= 4 is 24.0 Å². The Morgan fingerprint density at radius 2 is 1.95 bits per heavy atom. The van der Waals surface area contributed by atoms with Crippen LogP contribution in [0.1, 0.15) is 12.8 Å². The van der Waals surface area contributed by atoms with Gasteiger partial charge in [-0.1, -0.05) is 0 Å². The van der Waals surface area contributed by atoms with E-state index in [1.54, 1.807) is 12.1 Å². The fourth-order valence-corrected chi connectivity index (χ4v) is 2.21. The second-order valence-electron chi connectivity index (χ2n) is 5.04. The Kier molecular flexibility index (Phi) is 5.07. The van der Waals surface area contributed by atoms with Gasteiger partial charge in [0.05, 0.1) is 0 Å². The van der Waals surface area contributed by atoms with Gasteiger partial charge in [0, 0.05) is 24.5 Å². The maximum Gasteiger partial charge on any atom is 0.244 e. The Labute approximate surface area is 133 Å². The molecule has 0 atom stereocenters. The largest absolute Gasteiger partial charge is 0.381 e. The van der Waals surface area contributed by atoms with Crippen molar-refractivity contribution in [1.82, 2.24) is 20.6 Å². The Hall–Kier alpha value is -2.03. The van der Waals surface area contributed by atoms with Gasteiger partial charge in [-0.05, 0) is 42.3 Å². The summed E-state index contributed by atoms with van der Waals surface area (Å²) in [5, 5.41) is 16.5. The van der Waals surface area contributed by atoms with Crippen LogP contribution in [-0.4, -0.2) is 45.3 Å². The molecule has 0 spiro atoms. The lowest BCUT2D eigenvalue weighted by atomic mass is 9.90. The third-order valence-electron chi connectivity index (χ3n) is 3.58. The van der Waals surface area contributed by atoms with E-state index in [2.05, 4.69) is 25.9 Å². The summed E-state index contributed by atoms with van der Waals surface area (Å²) in [5.74, 6) is 0.325. The molecule has 0 saturated carbocycles. The number of rotatable bonds is 3. The molecule has 22 heavy (non-hydrogen) atoms. The van der Waals surface area contributed by atoms with Crippen LogP contribution >= 0.6 is 12.4 Å². The van der Waals surface area contributed by atoms with Gasteiger partial charge in [-0.3, -0.25) is 4.79 Å². The molecule has 1 aromatic carbocycles. The molecule has 1 aromatic heterocycles. The van der Waals surface area contributed by atoms with E-state index in [9.17, 15) is 4.79 Å². The lowest BCUT2D eigenvalue weighted by Gasteiger charge is -2.31. The van der Waals surface area contributed by atoms with Gasteiger partial charge in [0.25, 0.3) is 0 Å². The average Bonchev–Trinajstić information content (AvgIpc) is 3.03. The molecule has 1 aliphatic rings. The molecule has 0 aliphatic carbocycles. The summed E-state index contributed by atoms with van der Waals surface area (Å²) >= 11 is 0. The molecule has 2 heterocycles. The first kappa shape index (κ1) is 16.3. The maximum absolute atomic E-state index is 12.3. The predicted molar refractivity (Wildman–Crippen MR) is 82.5 cm³/mol. The Morgan fingerprint density at radius 1 is 1.27 bits per heavy atom. The molecule has 118 valence electrons. The number of benzene rings is 1. The molecule has 0 bridgehead atoms. The van der Waals surface area contributed by atoms with Gasteiger partial charge in [0.15, 0.2) is 0 Å². The fourth-order valence-electron chi connectivity index (χ4n) is 2.21. The SMILES string of the molecule is Cl.NC1(C(=O)Nc2ccc(-c3nn[nH]n3)cc2)CCOCC1. The van der Waals surface area contributed by atoms with E-state index in [4.69, 9.17) is 10.5 Å². The summed E-state index contributed by atoms with van der Waals surface area (Å²) in [4.78, 5) is 12.3. The Balaban J connectivity index is 0.00000176. The molecule has 3 rings (SSSR count). The minimum atomic E-state index is -0.857. The molecule has 9 heteroatoms. The van der Waals surface area contributed by atoms with Crippen LogP contribution in [0.3, 0.4) is 0 Å². The van der Waals surface area contributed by atoms with Crippen LogP contribution < -0.4 is 11.1 Å². The molecule has 1 fully saturated rings. The van der Waals surface area contributed by atoms with Crippen LogP contribution in [0.4, 0.5) is 5.69 Å². The number of aromatic nitrogens is 4. The van der Waals surface area contributed by atoms with E-state index in [0.717, 1.165) is 5.56 Å². The van der Waals surface area contributed by atoms with E-state index in [0.29, 0.717) is 37.6 Å². The average molecular weight is 325 g/mol. The minimum absolute atomic E-state index is 0. The second-order valence-corrected chi connectivity index (χ2v) is 5.04. The van der Waals surface area contributed by atoms with Crippen molar-refractivity contribution in [3.05, 3.63) is 24.3 Å². The number of hydrogen-bond donors (Lipinski definition) is 3. The smallest absolute Gasteiger partial charge is 0.244 e. The fraction of sp³-hybridized carbons (Fsp3) is 0.385. The normalized spacial score (nSPS) is 16.6. The van der Waals surface area contributed by atoms with E-state index >= 15 is 0 Å². The molecular weight excluding hydrogens is 308 g/mol. The van der Waals surface area contributed by atoms with Crippen molar-refractivity contribution in [3.63, 3.8) is 0 Å². The highest BCUT2D eigenvalue weighted by Gasteiger charge is 2.35. The lowest BCUT2D eigenvalue weighted by molar-refractivity contribution is -0.124. The maximum atomic E-state index is 12.3. The number of carbonyl (C=O) groups is 1. The lowest BCUT2D eigenvalue weighted by Crippen LogP contribution is -2.54. The highest BCUT2D eigenvalue weighted by Crippen LogP contribution is 2.21. The first-order valence-corrected chi connectivity index (χ1v) is 6.69. The van der Waals surface area contributed by atoms with Crippen LogP contribution in [0.5, 0.6) is 0 Å². The van der Waals surface area contributed by atoms with Crippen LogP contribution in [-0.2, 0) is 9.53 Å². The highest BCUT2D eigenvalue weighted by atomic mass is 35.5. The molecule has 1 aliphatic heterocycles. The Morgan fingerprint density at radius 3 is 2.55 bits per heavy atom. The number of halogens is 1. The van der Waals surface area contributed by atoms with Gasteiger partial charge in [-0.2, -0.15) is 5.21 Å². The monoisotopic (exact) mass is 324 g/mol. The number of carbonyl (C=O) groups excluding carboxylic acids is 1. The number of nitrogens with one attached hydrogen (secondary N) is 2. The third kappa shape index (κ3) is 3.41. The van der Waals surface area contributed by atoms with Crippen molar-refractivity contribution in [2.24, 2.45) is 5.73 Å². The highest BCUT2D eigenvalue weighted by molar-refractivity contribution is 5.98. The van der Waals surface area contributed by atoms with Gasteiger partial charge in [0.1, 0.15) is 5.54 Å². The number of H-pyrrole nitrogens is 1. The standard InChI is InChI=1S/C13H16N6O2.ClH/c14-13(5-7-21-8-6-13)12(20)15-10-3-1-9(2-4-10)11-16-18-19-17-11;/h1-4H,5-8,14H2,(H,15,20)(H,16,17,18,19);1H. The summed E-state index contributed by atoms with van der Waals surface area (Å²) in [6.07, 6.45) is 1.06. The van der Waals surface area contributed by atoms with Crippen molar-refractivity contribution in [2.45, 2.75) is 18.4 Å². The number of aromatic amines is 1. The van der Waals surface area contributed by atoms with Crippen molar-refractivity contribution in [1.29, 1.82) is 0 Å². The number of tetrazole rings is 1. The summed E-state index contributed by atoms with van der Waals surface area (Å²) in [7, 11) is 0. The van der Waals surface area contributed by atoms with E-state index in [1.807, 2.05) is 12.1 Å². The van der Waals surface area contributed by atoms with Crippen molar-refractivity contribution in [3.8, 4) is 11.4 Å². The van der Waals surface area contributed by atoms with Gasteiger partial charge in [-0.15, -0.1) is 22.6 Å². The molecule has 2 aromatic rings. The van der Waals surface area contributed by atoms with E-state index < -0.39 is 5.54 Å². The van der Waals surface area contributed by atoms with Crippen LogP contribution in [0.25, 0.3) is 11.4 Å². The summed E-state index contributed by atoms with van der Waals surface area (Å²) in [6, 6.07) is 7.19. The number of amides is 1. The van der Waals surface area contributed by atoms with Crippen molar-refractivity contribution < 1.29 is 9.53 Å². The summed E-state index contributed by atoms with van der Waals surface area (Å²) < 4.78 is 5.24. The van der Waals surface area contributed by atoms with Crippen LogP contribution in [0.15, 0.2) is 24.3 Å². The first-order chi connectivity index (χ1) is 10.2. The molecular formula is C13H17ClN6O2. The second kappa shape index (κ2) is 6.82. The molecule has 0 radical (unpaired) electrons. The number of nitrogens with zero attached hydrogens (tertiary/aromatic N) is 3. The predicted octanol–water partition coefficient (Wildman–Crippen LogP) is 0.735. The minimum Gasteiger partial charge on any atom is -0.381 e. The van der Waals surface area contributed by atoms with Crippen molar-refractivity contribution in [2.75, 3.05) is 18.5 Å². The third-order valence-corrected chi connectivity index (χ3v) is 3.58. The number of nitrogens with two attached hydrogens (primary N) is 1. The number of hydrogen-bond acceptors (Lipinski definition) is 6. The first-order valence-electron chi connectivity index (χ1n) is 6.69. The van der Waals surface area contributed by atoms with Gasteiger partial charge >= 0.3 is 0 Å². The van der Waals surface area contributed by atoms with Crippen LogP contribution in [0.2, 0.25) is 0 Å². The van der Waals surface area contributed by atoms with Gasteiger partial charge in [-0.25, -0.2) is 0 Å². The zero-order chi connectivity index (χ0) is 14.7. The molecule has 8 nitrogen and oxygen atoms in total. The van der Waals surface area contributed by atoms with Gasteiger partial charge in [0.2, 0.25) is 11.7 Å². The summed E-state index contributed by atoms with van der Waals surface area (Å²) in [5.41, 5.74) is 6.78. The molecule has 4 N–H and O–H groups in total. The molecule has 1 amide bonds. The zero-order valence-corrected chi connectivity index (χ0v) is 12.6. The number of ether oxygens (including phenoxy) is 1. The van der Waals surface area contributed by atoms with E-state index in [1.165, 1.54) is 0 Å². The van der Waals surface area contributed by atoms with Crippen LogP contribution in [0, 0.1) is 0 Å². The molecule has 1 saturated heterocycles. The van der Waals surface area contributed by atoms with E-state index in [-0.39, 0.29) is 18.3 Å². The number of anilines is 1. The zero-order valence-electron chi connectivity index (χ0n) is 11.8. The summed E-state index contributed by atoms with van der Waals surface area (Å²) in [6.45, 7) is 1.03. The quantitative estimate of drug-likeness (QED) is 0.766. The van der Waals surface area contributed by atoms with Gasteiger partial charge < -0.3 is 15.8 Å². The topological polar surface area (TPSA) is 119 Å². The Bertz CT molecular complexity index is 610. The molecule has 0 unspecified atom stereocenters.